The van der Waals surface area contributed by atoms with E-state index in [-0.39, 0.29) is 11.0 Å². The first kappa shape index (κ1) is 23.8. The van der Waals surface area contributed by atoms with Gasteiger partial charge in [0.2, 0.25) is 0 Å². The molecule has 0 saturated carbocycles. The molecule has 0 amide bonds. The average Bonchev–Trinajstić information content (AvgIpc) is 1.00. The predicted molar refractivity (Wildman–Crippen MR) is 18.8 cm³/mol. The van der Waals surface area contributed by atoms with Crippen molar-refractivity contribution in [1.29, 1.82) is 0 Å². The van der Waals surface area contributed by atoms with Crippen LogP contribution in [0.1, 0.15) is 0 Å². The monoisotopic (exact) mass is 120 g/mol. The summed E-state index contributed by atoms with van der Waals surface area (Å²) in [5, 5.41) is 0. The molecule has 2 radical (unpaired) electrons. The van der Waals surface area contributed by atoms with Gasteiger partial charge in [-0.2, -0.15) is 0 Å². The molecule has 0 aromatic heterocycles. The maximum atomic E-state index is 2.06. The van der Waals surface area contributed by atoms with Crippen molar-refractivity contribution in [1.82, 2.24) is 0 Å². The first-order chi connectivity index (χ1) is 1.00. The molecule has 2 nitrogen and oxygen atoms in total. The predicted octanol–water partition coefficient (Wildman–Crippen LogP) is -1.45. The van der Waals surface area contributed by atoms with Crippen molar-refractivity contribution in [3.8, 4) is 0 Å². The number of rotatable bonds is 0. The summed E-state index contributed by atoms with van der Waals surface area (Å²) < 4.78 is 0. The van der Waals surface area contributed by atoms with Crippen LogP contribution in [0, 0.1) is 0 Å². The minimum absolute atomic E-state index is 0. The molecular formula is CH7GaO2. The van der Waals surface area contributed by atoms with Gasteiger partial charge in [0.25, 0.3) is 0 Å². The van der Waals surface area contributed by atoms with Crippen LogP contribution in [0.2, 0.25) is 5.48 Å². The van der Waals surface area contributed by atoms with Crippen LogP contribution in [0.15, 0.2) is 0 Å². The molecule has 0 aromatic rings. The second-order valence-corrected chi connectivity index (χ2v) is 0. The van der Waals surface area contributed by atoms with Crippen molar-refractivity contribution < 1.29 is 11.0 Å². The Bertz CT molecular complexity index is 6.00. The van der Waals surface area contributed by atoms with Gasteiger partial charge < -0.3 is 11.0 Å². The van der Waals surface area contributed by atoms with E-state index in [9.17, 15) is 0 Å². The molecule has 0 aliphatic rings. The number of hydrogen-bond acceptors (Lipinski definition) is 0. The zero-order valence-corrected chi connectivity index (χ0v) is 5.00. The fourth-order valence-electron chi connectivity index (χ4n) is 0. The third kappa shape index (κ3) is 20.0. The molecule has 4 N–H and O–H groups in total. The molecule has 0 aromatic carbocycles. The molecular weight excluding hydrogens is 114 g/mol. The van der Waals surface area contributed by atoms with Crippen molar-refractivity contribution in [2.24, 2.45) is 0 Å². The second kappa shape index (κ2) is 75.1. The van der Waals surface area contributed by atoms with E-state index in [1.165, 1.54) is 0 Å². The van der Waals surface area contributed by atoms with Gasteiger partial charge in [0.15, 0.2) is 0 Å². The van der Waals surface area contributed by atoms with E-state index in [0.717, 1.165) is 0 Å². The third-order valence-corrected chi connectivity index (χ3v) is 0. The van der Waals surface area contributed by atoms with Gasteiger partial charge in [0.05, 0.1) is 0 Å². The van der Waals surface area contributed by atoms with E-state index >= 15 is 0 Å². The van der Waals surface area contributed by atoms with Crippen LogP contribution in [0.25, 0.3) is 0 Å². The van der Waals surface area contributed by atoms with Crippen LogP contribution in [0.3, 0.4) is 0 Å². The summed E-state index contributed by atoms with van der Waals surface area (Å²) in [6, 6.07) is 0. The molecule has 0 unspecified atom stereocenters. The molecule has 4 heavy (non-hydrogen) atoms. The van der Waals surface area contributed by atoms with E-state index < -0.39 is 0 Å². The fourth-order valence-corrected chi connectivity index (χ4v) is 0. The summed E-state index contributed by atoms with van der Waals surface area (Å²) in [4.78, 5) is 0. The molecule has 0 rings (SSSR count). The normalized spacial score (nSPS) is 1.25. The van der Waals surface area contributed by atoms with Crippen molar-refractivity contribution in [3.05, 3.63) is 0 Å². The van der Waals surface area contributed by atoms with Gasteiger partial charge in [-0.1, -0.05) is 0 Å². The van der Waals surface area contributed by atoms with Crippen LogP contribution in [-0.4, -0.2) is 29.6 Å². The molecule has 0 atom stereocenters. The molecule has 26 valence electrons. The second-order valence-electron chi connectivity index (χ2n) is 0. The summed E-state index contributed by atoms with van der Waals surface area (Å²) in [5.74, 6) is 0. The van der Waals surface area contributed by atoms with Crippen LogP contribution in [0.4, 0.5) is 0 Å². The Labute approximate surface area is 35.7 Å². The standard InChI is InChI=1S/CH3.Ga.2H2O/h1H3;;2*1H2. The Hall–Kier alpha value is 0.556. The fraction of sp³-hybridized carbons (Fsp3) is 1.00. The minimum atomic E-state index is 0. The summed E-state index contributed by atoms with van der Waals surface area (Å²) >= 11 is 1.69. The summed E-state index contributed by atoms with van der Waals surface area (Å²) in [5.41, 5.74) is 2.06. The SMILES string of the molecule is O.O.[CH3][Ga]. The van der Waals surface area contributed by atoms with Crippen LogP contribution < -0.4 is 0 Å². The molecule has 0 heterocycles. The topological polar surface area (TPSA) is 63.0 Å². The van der Waals surface area contributed by atoms with Crippen LogP contribution >= 0.6 is 0 Å². The van der Waals surface area contributed by atoms with E-state index in [1.54, 1.807) is 18.6 Å². The van der Waals surface area contributed by atoms with Crippen molar-refractivity contribution in [3.63, 3.8) is 0 Å². The Morgan fingerprint density at radius 2 is 1.00 bits per heavy atom. The van der Waals surface area contributed by atoms with Crippen molar-refractivity contribution in [2.45, 2.75) is 5.48 Å². The van der Waals surface area contributed by atoms with Gasteiger partial charge in [-0.3, -0.25) is 0 Å². The Morgan fingerprint density at radius 3 is 1.00 bits per heavy atom. The van der Waals surface area contributed by atoms with Crippen molar-refractivity contribution in [2.75, 3.05) is 0 Å². The van der Waals surface area contributed by atoms with E-state index in [2.05, 4.69) is 5.48 Å². The molecule has 3 heteroatoms. The maximum absolute atomic E-state index is 2.06. The molecule has 0 spiro atoms. The van der Waals surface area contributed by atoms with Gasteiger partial charge in [0.1, 0.15) is 0 Å². The van der Waals surface area contributed by atoms with E-state index in [1.807, 2.05) is 0 Å². The first-order valence-corrected chi connectivity index (χ1v) is 3.00. The van der Waals surface area contributed by atoms with Gasteiger partial charge in [0, 0.05) is 0 Å². The van der Waals surface area contributed by atoms with Gasteiger partial charge >= 0.3 is 24.1 Å². The van der Waals surface area contributed by atoms with Crippen LogP contribution in [0.5, 0.6) is 0 Å². The van der Waals surface area contributed by atoms with E-state index in [0.29, 0.717) is 0 Å². The van der Waals surface area contributed by atoms with Crippen molar-refractivity contribution >= 4 is 18.6 Å². The molecule has 0 aliphatic carbocycles. The zero-order chi connectivity index (χ0) is 2.00. The van der Waals surface area contributed by atoms with Gasteiger partial charge in [-0.25, -0.2) is 0 Å². The summed E-state index contributed by atoms with van der Waals surface area (Å²) in [6.45, 7) is 0. The number of hydrogen-bond donors (Lipinski definition) is 0. The molecule has 0 fully saturated rings. The molecule has 0 aliphatic heterocycles. The summed E-state index contributed by atoms with van der Waals surface area (Å²) in [6.07, 6.45) is 0. The van der Waals surface area contributed by atoms with E-state index in [4.69, 9.17) is 0 Å². The van der Waals surface area contributed by atoms with Gasteiger partial charge in [-0.05, 0) is 0 Å². The zero-order valence-electron chi connectivity index (χ0n) is 2.58. The summed E-state index contributed by atoms with van der Waals surface area (Å²) in [7, 11) is 0. The molecule has 0 saturated heterocycles. The average molecular weight is 121 g/mol. The molecule has 0 bridgehead atoms. The van der Waals surface area contributed by atoms with Gasteiger partial charge in [-0.15, -0.1) is 0 Å². The first-order valence-electron chi connectivity index (χ1n) is 0.577. The quantitative estimate of drug-likeness (QED) is 0.352. The van der Waals surface area contributed by atoms with Crippen LogP contribution in [-0.2, 0) is 0 Å². The Kier molecular flexibility index (Phi) is 447. The third-order valence-electron chi connectivity index (χ3n) is 0. The Morgan fingerprint density at radius 1 is 1.00 bits per heavy atom. The Balaban J connectivity index is -0.00000000500.